The SMILES string of the molecule is CCC1(C)NCN(CC(C)N2CCCC2)C1=O. The Balaban J connectivity index is 1.89. The Bertz CT molecular complexity index is 288. The van der Waals surface area contributed by atoms with Gasteiger partial charge in [-0.25, -0.2) is 0 Å². The Morgan fingerprint density at radius 2 is 2.06 bits per heavy atom. The normalized spacial score (nSPS) is 32.4. The summed E-state index contributed by atoms with van der Waals surface area (Å²) in [7, 11) is 0. The van der Waals surface area contributed by atoms with Gasteiger partial charge < -0.3 is 4.90 Å². The molecule has 0 saturated carbocycles. The molecule has 0 radical (unpaired) electrons. The van der Waals surface area contributed by atoms with Gasteiger partial charge in [-0.2, -0.15) is 0 Å². The molecule has 2 fully saturated rings. The maximum atomic E-state index is 12.3. The van der Waals surface area contributed by atoms with Gasteiger partial charge in [0.05, 0.1) is 12.2 Å². The Morgan fingerprint density at radius 3 is 2.59 bits per heavy atom. The third kappa shape index (κ3) is 2.47. The van der Waals surface area contributed by atoms with E-state index in [4.69, 9.17) is 0 Å². The van der Waals surface area contributed by atoms with Gasteiger partial charge in [-0.3, -0.25) is 15.0 Å². The van der Waals surface area contributed by atoms with Gasteiger partial charge in [0.2, 0.25) is 5.91 Å². The van der Waals surface area contributed by atoms with Crippen LogP contribution in [-0.4, -0.2) is 53.6 Å². The lowest BCUT2D eigenvalue weighted by Gasteiger charge is -2.28. The number of hydrogen-bond donors (Lipinski definition) is 1. The van der Waals surface area contributed by atoms with Gasteiger partial charge in [0.15, 0.2) is 0 Å². The van der Waals surface area contributed by atoms with Crippen LogP contribution < -0.4 is 5.32 Å². The molecule has 0 aromatic carbocycles. The average Bonchev–Trinajstić information content (AvgIpc) is 2.93. The van der Waals surface area contributed by atoms with Crippen molar-refractivity contribution in [2.24, 2.45) is 0 Å². The van der Waals surface area contributed by atoms with Gasteiger partial charge in [0.25, 0.3) is 0 Å². The Morgan fingerprint density at radius 1 is 1.41 bits per heavy atom. The molecule has 98 valence electrons. The third-order valence-electron chi connectivity index (χ3n) is 4.38. The van der Waals surface area contributed by atoms with Gasteiger partial charge in [0.1, 0.15) is 0 Å². The van der Waals surface area contributed by atoms with Gasteiger partial charge >= 0.3 is 0 Å². The summed E-state index contributed by atoms with van der Waals surface area (Å²) < 4.78 is 0. The topological polar surface area (TPSA) is 35.6 Å². The number of rotatable bonds is 4. The number of carbonyl (C=O) groups excluding carboxylic acids is 1. The molecule has 0 spiro atoms. The molecule has 4 nitrogen and oxygen atoms in total. The predicted molar refractivity (Wildman–Crippen MR) is 68.7 cm³/mol. The highest BCUT2D eigenvalue weighted by Crippen LogP contribution is 2.20. The van der Waals surface area contributed by atoms with Crippen LogP contribution in [0.2, 0.25) is 0 Å². The molecule has 17 heavy (non-hydrogen) atoms. The number of amides is 1. The molecule has 0 aromatic heterocycles. The van der Waals surface area contributed by atoms with Gasteiger partial charge in [0, 0.05) is 12.6 Å². The summed E-state index contributed by atoms with van der Waals surface area (Å²) in [6, 6.07) is 0.488. The molecule has 2 atom stereocenters. The molecule has 0 bridgehead atoms. The highest BCUT2D eigenvalue weighted by molar-refractivity contribution is 5.87. The van der Waals surface area contributed by atoms with Crippen molar-refractivity contribution in [3.8, 4) is 0 Å². The van der Waals surface area contributed by atoms with Crippen molar-refractivity contribution < 1.29 is 4.79 Å². The summed E-state index contributed by atoms with van der Waals surface area (Å²) in [5, 5.41) is 3.34. The zero-order valence-electron chi connectivity index (χ0n) is 11.3. The lowest BCUT2D eigenvalue weighted by Crippen LogP contribution is -2.45. The van der Waals surface area contributed by atoms with Gasteiger partial charge in [-0.05, 0) is 46.2 Å². The molecule has 2 aliphatic heterocycles. The monoisotopic (exact) mass is 239 g/mol. The highest BCUT2D eigenvalue weighted by atomic mass is 16.2. The van der Waals surface area contributed by atoms with Gasteiger partial charge in [-0.1, -0.05) is 6.92 Å². The van der Waals surface area contributed by atoms with Crippen LogP contribution in [0.3, 0.4) is 0 Å². The second-order valence-corrected chi connectivity index (χ2v) is 5.64. The Kier molecular flexibility index (Phi) is 3.73. The van der Waals surface area contributed by atoms with Crippen molar-refractivity contribution in [2.75, 3.05) is 26.3 Å². The van der Waals surface area contributed by atoms with E-state index in [9.17, 15) is 4.79 Å². The molecule has 2 aliphatic rings. The summed E-state index contributed by atoms with van der Waals surface area (Å²) in [5.74, 6) is 0.269. The molecule has 1 amide bonds. The third-order valence-corrected chi connectivity index (χ3v) is 4.38. The second kappa shape index (κ2) is 4.94. The molecular weight excluding hydrogens is 214 g/mol. The zero-order valence-corrected chi connectivity index (χ0v) is 11.3. The minimum Gasteiger partial charge on any atom is -0.327 e. The molecule has 0 aliphatic carbocycles. The summed E-state index contributed by atoms with van der Waals surface area (Å²) in [6.45, 7) is 10.3. The molecule has 2 heterocycles. The van der Waals surface area contributed by atoms with Crippen molar-refractivity contribution >= 4 is 5.91 Å². The minimum atomic E-state index is -0.329. The fourth-order valence-electron chi connectivity index (χ4n) is 2.81. The average molecular weight is 239 g/mol. The molecule has 2 unspecified atom stereocenters. The smallest absolute Gasteiger partial charge is 0.243 e. The van der Waals surface area contributed by atoms with E-state index < -0.39 is 0 Å². The predicted octanol–water partition coefficient (Wildman–Crippen LogP) is 1.03. The van der Waals surface area contributed by atoms with Crippen LogP contribution in [0, 0.1) is 0 Å². The first-order chi connectivity index (χ1) is 8.07. The minimum absolute atomic E-state index is 0.269. The van der Waals surface area contributed by atoms with E-state index in [1.54, 1.807) is 0 Å². The molecule has 0 aromatic rings. The quantitative estimate of drug-likeness (QED) is 0.796. The fraction of sp³-hybridized carbons (Fsp3) is 0.923. The van der Waals surface area contributed by atoms with Gasteiger partial charge in [-0.15, -0.1) is 0 Å². The zero-order chi connectivity index (χ0) is 12.5. The van der Waals surface area contributed by atoms with Crippen molar-refractivity contribution in [3.63, 3.8) is 0 Å². The van der Waals surface area contributed by atoms with Crippen LogP contribution in [0.4, 0.5) is 0 Å². The standard InChI is InChI=1S/C13H25N3O/c1-4-13(3)12(17)16(10-14-13)9-11(2)15-7-5-6-8-15/h11,14H,4-10H2,1-3H3. The molecule has 2 rings (SSSR count). The largest absolute Gasteiger partial charge is 0.327 e. The van der Waals surface area contributed by atoms with Crippen molar-refractivity contribution in [1.82, 2.24) is 15.1 Å². The lowest BCUT2D eigenvalue weighted by atomic mass is 9.99. The van der Waals surface area contributed by atoms with Crippen molar-refractivity contribution in [1.29, 1.82) is 0 Å². The maximum Gasteiger partial charge on any atom is 0.243 e. The molecule has 4 heteroatoms. The highest BCUT2D eigenvalue weighted by Gasteiger charge is 2.41. The summed E-state index contributed by atoms with van der Waals surface area (Å²) in [6.07, 6.45) is 3.48. The van der Waals surface area contributed by atoms with E-state index >= 15 is 0 Å². The second-order valence-electron chi connectivity index (χ2n) is 5.64. The number of carbonyl (C=O) groups is 1. The molecular formula is C13H25N3O. The maximum absolute atomic E-state index is 12.3. The summed E-state index contributed by atoms with van der Waals surface area (Å²) in [5.41, 5.74) is -0.329. The number of nitrogens with zero attached hydrogens (tertiary/aromatic N) is 2. The number of likely N-dealkylation sites (tertiary alicyclic amines) is 1. The first-order valence-corrected chi connectivity index (χ1v) is 6.85. The lowest BCUT2D eigenvalue weighted by molar-refractivity contribution is -0.132. The van der Waals surface area contributed by atoms with E-state index in [-0.39, 0.29) is 11.4 Å². The van der Waals surface area contributed by atoms with E-state index in [1.165, 1.54) is 25.9 Å². The van der Waals surface area contributed by atoms with E-state index in [2.05, 4.69) is 24.1 Å². The van der Waals surface area contributed by atoms with E-state index in [0.29, 0.717) is 12.7 Å². The van der Waals surface area contributed by atoms with Crippen molar-refractivity contribution in [2.45, 2.75) is 51.6 Å². The summed E-state index contributed by atoms with van der Waals surface area (Å²) in [4.78, 5) is 16.7. The summed E-state index contributed by atoms with van der Waals surface area (Å²) >= 11 is 0. The van der Waals surface area contributed by atoms with Crippen LogP contribution in [0.15, 0.2) is 0 Å². The van der Waals surface area contributed by atoms with Crippen LogP contribution in [-0.2, 0) is 4.79 Å². The number of hydrogen-bond acceptors (Lipinski definition) is 3. The van der Waals surface area contributed by atoms with E-state index in [0.717, 1.165) is 13.0 Å². The van der Waals surface area contributed by atoms with Crippen LogP contribution in [0.5, 0.6) is 0 Å². The molecule has 2 saturated heterocycles. The first-order valence-electron chi connectivity index (χ1n) is 6.85. The number of nitrogens with one attached hydrogen (secondary N) is 1. The molecule has 1 N–H and O–H groups in total. The Labute approximate surface area is 104 Å². The van der Waals surface area contributed by atoms with Crippen LogP contribution in [0.25, 0.3) is 0 Å². The first kappa shape index (κ1) is 12.8. The Hall–Kier alpha value is -0.610. The fourth-order valence-corrected chi connectivity index (χ4v) is 2.81. The van der Waals surface area contributed by atoms with Crippen LogP contribution >= 0.6 is 0 Å². The van der Waals surface area contributed by atoms with E-state index in [1.807, 2.05) is 11.8 Å². The van der Waals surface area contributed by atoms with Crippen LogP contribution in [0.1, 0.15) is 40.0 Å². The van der Waals surface area contributed by atoms with Crippen molar-refractivity contribution in [3.05, 3.63) is 0 Å².